The average molecular weight is 415 g/mol. The second-order valence-corrected chi connectivity index (χ2v) is 6.79. The van der Waals surface area contributed by atoms with E-state index < -0.39 is 5.97 Å². The van der Waals surface area contributed by atoms with Crippen LogP contribution in [-0.4, -0.2) is 18.5 Å². The van der Waals surface area contributed by atoms with Crippen molar-refractivity contribution in [2.45, 2.75) is 13.8 Å². The molecule has 0 bridgehead atoms. The van der Waals surface area contributed by atoms with Crippen molar-refractivity contribution in [3.05, 3.63) is 49.9 Å². The summed E-state index contributed by atoms with van der Waals surface area (Å²) in [6.45, 7) is 3.94. The van der Waals surface area contributed by atoms with Crippen LogP contribution in [0.1, 0.15) is 32.5 Å². The maximum absolute atomic E-state index is 12.2. The lowest BCUT2D eigenvalue weighted by Crippen LogP contribution is -2.14. The van der Waals surface area contributed by atoms with Crippen LogP contribution in [0.2, 0.25) is 0 Å². The van der Waals surface area contributed by atoms with E-state index in [-0.39, 0.29) is 5.91 Å². The molecule has 0 aliphatic rings. The largest absolute Gasteiger partial charge is 0.462 e. The Kier molecular flexibility index (Phi) is 5.35. The normalized spacial score (nSPS) is 10.2. The summed E-state index contributed by atoms with van der Waals surface area (Å²) >= 11 is 3.51. The van der Waals surface area contributed by atoms with Crippen LogP contribution in [0.15, 0.2) is 30.3 Å². The first-order valence-corrected chi connectivity index (χ1v) is 8.25. The zero-order valence-corrected chi connectivity index (χ0v) is 14.6. The van der Waals surface area contributed by atoms with Crippen LogP contribution in [0.5, 0.6) is 0 Å². The molecule has 1 N–H and O–H groups in total. The molecule has 0 radical (unpaired) electrons. The van der Waals surface area contributed by atoms with Gasteiger partial charge in [0.2, 0.25) is 0 Å². The monoisotopic (exact) mass is 415 g/mol. The Morgan fingerprint density at radius 3 is 2.76 bits per heavy atom. The van der Waals surface area contributed by atoms with E-state index in [1.165, 1.54) is 11.3 Å². The van der Waals surface area contributed by atoms with Crippen molar-refractivity contribution in [1.29, 1.82) is 0 Å². The summed E-state index contributed by atoms with van der Waals surface area (Å²) < 4.78 is 5.98. The van der Waals surface area contributed by atoms with Crippen molar-refractivity contribution in [2.75, 3.05) is 11.9 Å². The molecule has 2 aromatic rings. The molecule has 110 valence electrons. The van der Waals surface area contributed by atoms with Gasteiger partial charge in [0.15, 0.2) is 0 Å². The van der Waals surface area contributed by atoms with Crippen molar-refractivity contribution in [3.8, 4) is 0 Å². The molecule has 0 atom stereocenters. The topological polar surface area (TPSA) is 55.4 Å². The van der Waals surface area contributed by atoms with Gasteiger partial charge in [-0.05, 0) is 60.7 Å². The number of aryl methyl sites for hydroxylation is 1. The van der Waals surface area contributed by atoms with Gasteiger partial charge in [0.1, 0.15) is 5.00 Å². The van der Waals surface area contributed by atoms with E-state index in [1.807, 2.05) is 19.1 Å². The first kappa shape index (κ1) is 16.0. The quantitative estimate of drug-likeness (QED) is 0.605. The Balaban J connectivity index is 2.23. The standard InChI is InChI=1S/C15H14INO3S/c1-3-20-15(19)12-7-9(2)21-14(12)17-13(18)10-5-4-6-11(16)8-10/h4-8H,3H2,1-2H3,(H,17,18). The van der Waals surface area contributed by atoms with Crippen LogP contribution in [0.4, 0.5) is 5.00 Å². The van der Waals surface area contributed by atoms with Crippen molar-refractivity contribution in [3.63, 3.8) is 0 Å². The fourth-order valence-electron chi connectivity index (χ4n) is 1.77. The number of nitrogens with one attached hydrogen (secondary N) is 1. The van der Waals surface area contributed by atoms with Crippen molar-refractivity contribution in [2.24, 2.45) is 0 Å². The molecule has 0 fully saturated rings. The molecule has 1 heterocycles. The molecule has 0 saturated carbocycles. The molecule has 0 saturated heterocycles. The molecule has 0 unspecified atom stereocenters. The third-order valence-electron chi connectivity index (χ3n) is 2.66. The average Bonchev–Trinajstić information content (AvgIpc) is 2.80. The SMILES string of the molecule is CCOC(=O)c1cc(C)sc1NC(=O)c1cccc(I)c1. The van der Waals surface area contributed by atoms with Crippen molar-refractivity contribution < 1.29 is 14.3 Å². The van der Waals surface area contributed by atoms with Gasteiger partial charge in [-0.1, -0.05) is 6.07 Å². The number of hydrogen-bond acceptors (Lipinski definition) is 4. The predicted octanol–water partition coefficient (Wildman–Crippen LogP) is 4.09. The highest BCUT2D eigenvalue weighted by Gasteiger charge is 2.18. The molecule has 1 amide bonds. The van der Waals surface area contributed by atoms with E-state index in [2.05, 4.69) is 27.9 Å². The van der Waals surface area contributed by atoms with Gasteiger partial charge in [0, 0.05) is 14.0 Å². The molecule has 1 aromatic carbocycles. The zero-order chi connectivity index (χ0) is 15.4. The van der Waals surface area contributed by atoms with Crippen LogP contribution >= 0.6 is 33.9 Å². The van der Waals surface area contributed by atoms with Gasteiger partial charge >= 0.3 is 5.97 Å². The predicted molar refractivity (Wildman–Crippen MR) is 92.1 cm³/mol. The number of hydrogen-bond donors (Lipinski definition) is 1. The highest BCUT2D eigenvalue weighted by molar-refractivity contribution is 14.1. The minimum atomic E-state index is -0.417. The summed E-state index contributed by atoms with van der Waals surface area (Å²) in [5.41, 5.74) is 0.959. The molecule has 1 aromatic heterocycles. The third-order valence-corrected chi connectivity index (χ3v) is 4.30. The molecule has 0 aliphatic heterocycles. The fourth-order valence-corrected chi connectivity index (χ4v) is 3.21. The Morgan fingerprint density at radius 2 is 2.10 bits per heavy atom. The molecule has 21 heavy (non-hydrogen) atoms. The van der Waals surface area contributed by atoms with E-state index in [0.29, 0.717) is 22.7 Å². The lowest BCUT2D eigenvalue weighted by Gasteiger charge is -2.06. The second kappa shape index (κ2) is 7.04. The molecule has 0 spiro atoms. The maximum atomic E-state index is 12.2. The Morgan fingerprint density at radius 1 is 1.33 bits per heavy atom. The van der Waals surface area contributed by atoms with Crippen LogP contribution in [0, 0.1) is 10.5 Å². The minimum absolute atomic E-state index is 0.235. The highest BCUT2D eigenvalue weighted by atomic mass is 127. The number of carbonyl (C=O) groups is 2. The summed E-state index contributed by atoms with van der Waals surface area (Å²) in [5.74, 6) is -0.652. The van der Waals surface area contributed by atoms with Crippen molar-refractivity contribution >= 4 is 50.8 Å². The molecule has 4 nitrogen and oxygen atoms in total. The number of esters is 1. The lowest BCUT2D eigenvalue weighted by atomic mass is 10.2. The van der Waals surface area contributed by atoms with Gasteiger partial charge in [-0.3, -0.25) is 4.79 Å². The van der Waals surface area contributed by atoms with Crippen molar-refractivity contribution in [1.82, 2.24) is 0 Å². The highest BCUT2D eigenvalue weighted by Crippen LogP contribution is 2.28. The van der Waals surface area contributed by atoms with Gasteiger partial charge in [-0.15, -0.1) is 11.3 Å². The van der Waals surface area contributed by atoms with Crippen LogP contribution in [0.25, 0.3) is 0 Å². The number of ether oxygens (including phenoxy) is 1. The van der Waals surface area contributed by atoms with Crippen LogP contribution in [0.3, 0.4) is 0 Å². The summed E-state index contributed by atoms with van der Waals surface area (Å²) in [7, 11) is 0. The van der Waals surface area contributed by atoms with Crippen LogP contribution < -0.4 is 5.32 Å². The van der Waals surface area contributed by atoms with E-state index in [9.17, 15) is 9.59 Å². The van der Waals surface area contributed by atoms with E-state index in [1.54, 1.807) is 25.1 Å². The zero-order valence-electron chi connectivity index (χ0n) is 11.6. The van der Waals surface area contributed by atoms with E-state index in [0.717, 1.165) is 8.45 Å². The van der Waals surface area contributed by atoms with Gasteiger partial charge in [0.25, 0.3) is 5.91 Å². The Labute approximate surface area is 140 Å². The molecule has 2 rings (SSSR count). The number of rotatable bonds is 4. The molecule has 6 heteroatoms. The Hall–Kier alpha value is -1.41. The third kappa shape index (κ3) is 4.04. The number of thiophene rings is 1. The fraction of sp³-hybridized carbons (Fsp3) is 0.200. The summed E-state index contributed by atoms with van der Waals surface area (Å²) in [6.07, 6.45) is 0. The number of halogens is 1. The van der Waals surface area contributed by atoms with Gasteiger partial charge in [-0.25, -0.2) is 4.79 Å². The van der Waals surface area contributed by atoms with E-state index in [4.69, 9.17) is 4.74 Å². The second-order valence-electron chi connectivity index (χ2n) is 4.28. The Bertz CT molecular complexity index is 681. The number of benzene rings is 1. The first-order chi connectivity index (χ1) is 10.0. The number of anilines is 1. The first-order valence-electron chi connectivity index (χ1n) is 6.35. The minimum Gasteiger partial charge on any atom is -0.462 e. The van der Waals surface area contributed by atoms with Gasteiger partial charge < -0.3 is 10.1 Å². The molecule has 0 aliphatic carbocycles. The number of amides is 1. The maximum Gasteiger partial charge on any atom is 0.341 e. The summed E-state index contributed by atoms with van der Waals surface area (Å²) in [5, 5.41) is 3.31. The van der Waals surface area contributed by atoms with Gasteiger partial charge in [0.05, 0.1) is 12.2 Å². The number of carbonyl (C=O) groups excluding carboxylic acids is 2. The molecular formula is C15H14INO3S. The summed E-state index contributed by atoms with van der Waals surface area (Å²) in [4.78, 5) is 25.1. The lowest BCUT2D eigenvalue weighted by molar-refractivity contribution is 0.0528. The van der Waals surface area contributed by atoms with Crippen LogP contribution in [-0.2, 0) is 4.74 Å². The van der Waals surface area contributed by atoms with Gasteiger partial charge in [-0.2, -0.15) is 0 Å². The smallest absolute Gasteiger partial charge is 0.341 e. The summed E-state index contributed by atoms with van der Waals surface area (Å²) in [6, 6.07) is 8.99. The molecular weight excluding hydrogens is 401 g/mol. The van der Waals surface area contributed by atoms with E-state index >= 15 is 0 Å².